The first-order valence-corrected chi connectivity index (χ1v) is 12.9. The molecule has 2 N–H and O–H groups in total. The number of amides is 2. The van der Waals surface area contributed by atoms with E-state index in [2.05, 4.69) is 29.6 Å². The summed E-state index contributed by atoms with van der Waals surface area (Å²) in [5, 5.41) is 12.3. The van der Waals surface area contributed by atoms with Gasteiger partial charge in [0.05, 0.1) is 5.88 Å². The molecule has 8 heteroatoms. The van der Waals surface area contributed by atoms with Crippen LogP contribution in [0.4, 0.5) is 4.79 Å². The van der Waals surface area contributed by atoms with Gasteiger partial charge in [-0.15, -0.1) is 11.8 Å². The van der Waals surface area contributed by atoms with E-state index in [1.807, 2.05) is 24.3 Å². The van der Waals surface area contributed by atoms with Gasteiger partial charge >= 0.3 is 12.1 Å². The number of thioether (sulfide) groups is 1. The van der Waals surface area contributed by atoms with Crippen LogP contribution in [0.15, 0.2) is 48.5 Å². The van der Waals surface area contributed by atoms with Crippen LogP contribution in [0.1, 0.15) is 42.7 Å². The summed E-state index contributed by atoms with van der Waals surface area (Å²) in [6, 6.07) is 15.7. The van der Waals surface area contributed by atoms with E-state index in [0.717, 1.165) is 12.8 Å². The van der Waals surface area contributed by atoms with Gasteiger partial charge in [0, 0.05) is 24.1 Å². The molecule has 3 aliphatic rings. The highest BCUT2D eigenvalue weighted by Gasteiger charge is 2.37. The van der Waals surface area contributed by atoms with Gasteiger partial charge < -0.3 is 20.1 Å². The molecule has 7 nitrogen and oxygen atoms in total. The summed E-state index contributed by atoms with van der Waals surface area (Å²) in [6.07, 6.45) is 2.22. The molecule has 1 aliphatic heterocycles. The fraction of sp³-hybridized carbons (Fsp3) is 0.423. The number of hydrogen-bond donors (Lipinski definition) is 2. The number of aliphatic carboxylic acids is 1. The fourth-order valence-corrected chi connectivity index (χ4v) is 6.63. The van der Waals surface area contributed by atoms with Crippen LogP contribution >= 0.6 is 11.8 Å². The molecule has 2 aliphatic carbocycles. The summed E-state index contributed by atoms with van der Waals surface area (Å²) in [7, 11) is 0. The maximum Gasteiger partial charge on any atom is 0.407 e. The first-order chi connectivity index (χ1) is 16.5. The number of nitrogens with one attached hydrogen (secondary N) is 1. The molecule has 3 unspecified atom stereocenters. The monoisotopic (exact) mass is 480 g/mol. The van der Waals surface area contributed by atoms with E-state index in [-0.39, 0.29) is 30.4 Å². The smallest absolute Gasteiger partial charge is 0.407 e. The predicted molar refractivity (Wildman–Crippen MR) is 130 cm³/mol. The van der Waals surface area contributed by atoms with E-state index in [1.54, 1.807) is 0 Å². The molecule has 1 saturated heterocycles. The summed E-state index contributed by atoms with van der Waals surface area (Å²) < 4.78 is 5.65. The third kappa shape index (κ3) is 4.51. The van der Waals surface area contributed by atoms with Gasteiger partial charge in [-0.25, -0.2) is 9.59 Å². The Kier molecular flexibility index (Phi) is 6.50. The van der Waals surface area contributed by atoms with Crippen molar-refractivity contribution in [1.29, 1.82) is 0 Å². The van der Waals surface area contributed by atoms with Crippen LogP contribution in [-0.4, -0.2) is 58.3 Å². The van der Waals surface area contributed by atoms with Crippen molar-refractivity contribution in [3.05, 3.63) is 59.7 Å². The second-order valence-corrected chi connectivity index (χ2v) is 10.3. The molecule has 2 aromatic carbocycles. The zero-order chi connectivity index (χ0) is 23.7. The Morgan fingerprint density at radius 2 is 1.71 bits per heavy atom. The summed E-state index contributed by atoms with van der Waals surface area (Å²) >= 11 is 1.47. The Morgan fingerprint density at radius 3 is 2.38 bits per heavy atom. The van der Waals surface area contributed by atoms with Gasteiger partial charge in [0.15, 0.2) is 0 Å². The first-order valence-electron chi connectivity index (χ1n) is 11.7. The average Bonchev–Trinajstić information content (AvgIpc) is 3.56. The Bertz CT molecular complexity index is 1060. The van der Waals surface area contributed by atoms with Crippen molar-refractivity contribution < 1.29 is 24.2 Å². The largest absolute Gasteiger partial charge is 0.480 e. The van der Waals surface area contributed by atoms with Gasteiger partial charge in [0.2, 0.25) is 5.91 Å². The Morgan fingerprint density at radius 1 is 1.03 bits per heavy atom. The maximum atomic E-state index is 12.6. The summed E-state index contributed by atoms with van der Waals surface area (Å²) in [5.41, 5.74) is 4.74. The average molecular weight is 481 g/mol. The van der Waals surface area contributed by atoms with Gasteiger partial charge in [0.1, 0.15) is 12.6 Å². The van der Waals surface area contributed by atoms with Crippen molar-refractivity contribution in [2.24, 2.45) is 5.92 Å². The van der Waals surface area contributed by atoms with E-state index in [0.29, 0.717) is 24.5 Å². The first kappa shape index (κ1) is 22.8. The van der Waals surface area contributed by atoms with Gasteiger partial charge in [-0.2, -0.15) is 0 Å². The molecule has 3 atom stereocenters. The minimum Gasteiger partial charge on any atom is -0.480 e. The number of hydrogen-bond acceptors (Lipinski definition) is 5. The molecule has 5 rings (SSSR count). The van der Waals surface area contributed by atoms with Crippen molar-refractivity contribution in [2.45, 2.75) is 43.7 Å². The van der Waals surface area contributed by atoms with Crippen molar-refractivity contribution >= 4 is 29.7 Å². The van der Waals surface area contributed by atoms with Crippen molar-refractivity contribution in [3.63, 3.8) is 0 Å². The highest BCUT2D eigenvalue weighted by atomic mass is 32.2. The molecule has 0 aromatic heterocycles. The predicted octanol–water partition coefficient (Wildman–Crippen LogP) is 4.07. The Labute approximate surface area is 202 Å². The second-order valence-electron chi connectivity index (χ2n) is 9.27. The zero-order valence-electron chi connectivity index (χ0n) is 18.8. The quantitative estimate of drug-likeness (QED) is 0.647. The number of fused-ring (bicyclic) bond motifs is 3. The SMILES string of the molecule is O=C(NC1CCC(CC(=O)N2CSCC2C(=O)O)C1)OCC1c2ccccc2-c2ccccc21. The fourth-order valence-electron chi connectivity index (χ4n) is 5.46. The standard InChI is InChI=1S/C26H28N2O5S/c29-24(28-15-34-14-23(28)25(30)31)12-16-9-10-17(11-16)27-26(32)33-13-22-20-7-3-1-5-18(20)19-6-2-4-8-21(19)22/h1-8,16-17,22-23H,9-15H2,(H,27,32)(H,30,31). The van der Waals surface area contributed by atoms with Gasteiger partial charge in [-0.1, -0.05) is 48.5 Å². The highest BCUT2D eigenvalue weighted by Crippen LogP contribution is 2.44. The molecule has 0 radical (unpaired) electrons. The van der Waals surface area contributed by atoms with E-state index in [9.17, 15) is 19.5 Å². The third-order valence-corrected chi connectivity index (χ3v) is 8.17. The molecule has 1 saturated carbocycles. The molecule has 2 fully saturated rings. The molecule has 0 bridgehead atoms. The van der Waals surface area contributed by atoms with Crippen LogP contribution in [-0.2, 0) is 14.3 Å². The number of carboxylic acids is 1. The molecule has 2 amide bonds. The number of carbonyl (C=O) groups is 3. The maximum absolute atomic E-state index is 12.6. The Balaban J connectivity index is 1.12. The van der Waals surface area contributed by atoms with E-state index in [1.165, 1.54) is 38.9 Å². The van der Waals surface area contributed by atoms with Crippen LogP contribution in [0.2, 0.25) is 0 Å². The van der Waals surface area contributed by atoms with Crippen LogP contribution < -0.4 is 5.32 Å². The number of benzene rings is 2. The molecule has 0 spiro atoms. The number of ether oxygens (including phenoxy) is 1. The van der Waals surface area contributed by atoms with Crippen molar-refractivity contribution in [2.75, 3.05) is 18.2 Å². The minimum absolute atomic E-state index is 0.0209. The highest BCUT2D eigenvalue weighted by molar-refractivity contribution is 7.99. The number of carbonyl (C=O) groups excluding carboxylic acids is 2. The minimum atomic E-state index is -0.945. The van der Waals surface area contributed by atoms with Gasteiger partial charge in [-0.3, -0.25) is 4.79 Å². The molecule has 1 heterocycles. The number of rotatable bonds is 6. The van der Waals surface area contributed by atoms with Crippen LogP contribution in [0.5, 0.6) is 0 Å². The van der Waals surface area contributed by atoms with Crippen LogP contribution in [0, 0.1) is 5.92 Å². The number of carboxylic acid groups (broad SMARTS) is 1. The van der Waals surface area contributed by atoms with Crippen molar-refractivity contribution in [3.8, 4) is 11.1 Å². The normalized spacial score (nSPS) is 23.4. The summed E-state index contributed by atoms with van der Waals surface area (Å²) in [5.74, 6) is -0.00965. The van der Waals surface area contributed by atoms with E-state index >= 15 is 0 Å². The van der Waals surface area contributed by atoms with Crippen LogP contribution in [0.3, 0.4) is 0 Å². The number of nitrogens with zero attached hydrogens (tertiary/aromatic N) is 1. The second kappa shape index (κ2) is 9.70. The lowest BCUT2D eigenvalue weighted by atomic mass is 9.98. The van der Waals surface area contributed by atoms with Gasteiger partial charge in [-0.05, 0) is 47.4 Å². The third-order valence-electron chi connectivity index (χ3n) is 7.16. The van der Waals surface area contributed by atoms with E-state index in [4.69, 9.17) is 4.74 Å². The molecule has 2 aromatic rings. The van der Waals surface area contributed by atoms with Gasteiger partial charge in [0.25, 0.3) is 0 Å². The number of alkyl carbamates (subject to hydrolysis) is 1. The molecular formula is C26H28N2O5S. The zero-order valence-corrected chi connectivity index (χ0v) is 19.6. The molecule has 34 heavy (non-hydrogen) atoms. The lowest BCUT2D eigenvalue weighted by Gasteiger charge is -2.22. The topological polar surface area (TPSA) is 95.9 Å². The summed E-state index contributed by atoms with van der Waals surface area (Å²) in [4.78, 5) is 38.0. The summed E-state index contributed by atoms with van der Waals surface area (Å²) in [6.45, 7) is 0.275. The van der Waals surface area contributed by atoms with E-state index < -0.39 is 18.1 Å². The van der Waals surface area contributed by atoms with Crippen LogP contribution in [0.25, 0.3) is 11.1 Å². The lowest BCUT2D eigenvalue weighted by Crippen LogP contribution is -2.42. The molecule has 178 valence electrons. The molecular weight excluding hydrogens is 452 g/mol. The van der Waals surface area contributed by atoms with Crippen molar-refractivity contribution in [1.82, 2.24) is 10.2 Å². The lowest BCUT2D eigenvalue weighted by molar-refractivity contribution is -0.148. The Hall–Kier alpha value is -3.00.